The fraction of sp³-hybridized carbons (Fsp3) is 0.200. The van der Waals surface area contributed by atoms with Crippen molar-refractivity contribution in [3.63, 3.8) is 0 Å². The number of hydrogen-bond acceptors (Lipinski definition) is 1. The summed E-state index contributed by atoms with van der Waals surface area (Å²) in [5.41, 5.74) is 2.37. The number of halogens is 2. The molecule has 2 aromatic rings. The summed E-state index contributed by atoms with van der Waals surface area (Å²) in [4.78, 5) is 0. The quantitative estimate of drug-likeness (QED) is 0.824. The zero-order valence-corrected chi connectivity index (χ0v) is 11.3. The third-order valence-electron chi connectivity index (χ3n) is 3.32. The lowest BCUT2D eigenvalue weighted by atomic mass is 10.0. The number of anilines is 1. The Bertz CT molecular complexity index is 542. The summed E-state index contributed by atoms with van der Waals surface area (Å²) in [5.74, 6) is 0. The van der Waals surface area contributed by atoms with Crippen LogP contribution >= 0.6 is 23.2 Å². The zero-order valence-electron chi connectivity index (χ0n) is 9.79. The molecule has 1 aliphatic rings. The fourth-order valence-corrected chi connectivity index (χ4v) is 2.80. The van der Waals surface area contributed by atoms with E-state index < -0.39 is 0 Å². The van der Waals surface area contributed by atoms with E-state index in [2.05, 4.69) is 29.6 Å². The average molecular weight is 278 g/mol. The molecule has 1 nitrogen and oxygen atoms in total. The molecule has 3 heteroatoms. The first-order valence-corrected chi connectivity index (χ1v) is 6.73. The standard InChI is InChI=1S/C15H13Cl2N/c16-12-8-13(17)10-14(9-12)18-15(6-7-15)11-4-2-1-3-5-11/h1-5,8-10,18H,6-7H2. The van der Waals surface area contributed by atoms with Gasteiger partial charge in [-0.1, -0.05) is 53.5 Å². The molecule has 0 bridgehead atoms. The third kappa shape index (κ3) is 2.33. The van der Waals surface area contributed by atoms with Crippen LogP contribution in [0.15, 0.2) is 48.5 Å². The summed E-state index contributed by atoms with van der Waals surface area (Å²) >= 11 is 12.0. The number of nitrogens with one attached hydrogen (secondary N) is 1. The molecule has 1 saturated carbocycles. The molecule has 0 amide bonds. The summed E-state index contributed by atoms with van der Waals surface area (Å²) in [5, 5.41) is 4.88. The van der Waals surface area contributed by atoms with Crippen LogP contribution in [0.25, 0.3) is 0 Å². The van der Waals surface area contributed by atoms with Crippen LogP contribution in [0.5, 0.6) is 0 Å². The van der Waals surface area contributed by atoms with Crippen LogP contribution in [0.4, 0.5) is 5.69 Å². The predicted octanol–water partition coefficient (Wildman–Crippen LogP) is 5.09. The van der Waals surface area contributed by atoms with Gasteiger partial charge in [-0.2, -0.15) is 0 Å². The minimum atomic E-state index is 0.0648. The summed E-state index contributed by atoms with van der Waals surface area (Å²) in [7, 11) is 0. The molecule has 0 saturated heterocycles. The van der Waals surface area contributed by atoms with E-state index in [4.69, 9.17) is 23.2 Å². The summed E-state index contributed by atoms with van der Waals surface area (Å²) in [6.07, 6.45) is 2.28. The second-order valence-corrected chi connectivity index (χ2v) is 5.60. The molecule has 1 aliphatic carbocycles. The van der Waals surface area contributed by atoms with E-state index in [0.717, 1.165) is 18.5 Å². The van der Waals surface area contributed by atoms with Gasteiger partial charge in [0, 0.05) is 15.7 Å². The first kappa shape index (κ1) is 11.9. The fourth-order valence-electron chi connectivity index (χ4n) is 2.27. The van der Waals surface area contributed by atoms with Crippen molar-refractivity contribution in [2.75, 3.05) is 5.32 Å². The van der Waals surface area contributed by atoms with Crippen LogP contribution in [-0.2, 0) is 5.54 Å². The Morgan fingerprint density at radius 2 is 1.50 bits per heavy atom. The van der Waals surface area contributed by atoms with Gasteiger partial charge in [-0.15, -0.1) is 0 Å². The van der Waals surface area contributed by atoms with Gasteiger partial charge < -0.3 is 5.32 Å². The van der Waals surface area contributed by atoms with Crippen LogP contribution in [0, 0.1) is 0 Å². The maximum atomic E-state index is 6.02. The molecule has 2 aromatic carbocycles. The van der Waals surface area contributed by atoms with Crippen molar-refractivity contribution < 1.29 is 0 Å². The second kappa shape index (κ2) is 4.49. The first-order valence-electron chi connectivity index (χ1n) is 5.98. The van der Waals surface area contributed by atoms with Gasteiger partial charge in [0.15, 0.2) is 0 Å². The van der Waals surface area contributed by atoms with E-state index in [1.165, 1.54) is 5.56 Å². The maximum Gasteiger partial charge on any atom is 0.0627 e. The van der Waals surface area contributed by atoms with Crippen molar-refractivity contribution in [1.29, 1.82) is 0 Å². The molecule has 0 spiro atoms. The summed E-state index contributed by atoms with van der Waals surface area (Å²) in [6, 6.07) is 16.1. The lowest BCUT2D eigenvalue weighted by molar-refractivity contribution is 0.808. The van der Waals surface area contributed by atoms with Crippen LogP contribution in [0.3, 0.4) is 0 Å². The third-order valence-corrected chi connectivity index (χ3v) is 3.76. The van der Waals surface area contributed by atoms with Crippen molar-refractivity contribution in [3.8, 4) is 0 Å². The smallest absolute Gasteiger partial charge is 0.0627 e. The molecular formula is C15H13Cl2N. The van der Waals surface area contributed by atoms with Crippen LogP contribution in [0.1, 0.15) is 18.4 Å². The van der Waals surface area contributed by atoms with Gasteiger partial charge in [0.05, 0.1) is 5.54 Å². The highest BCUT2D eigenvalue weighted by molar-refractivity contribution is 6.35. The molecule has 0 heterocycles. The monoisotopic (exact) mass is 277 g/mol. The van der Waals surface area contributed by atoms with E-state index in [0.29, 0.717) is 10.0 Å². The Labute approximate surface area is 117 Å². The molecule has 1 N–H and O–H groups in total. The molecule has 18 heavy (non-hydrogen) atoms. The lowest BCUT2D eigenvalue weighted by Crippen LogP contribution is -2.18. The Balaban J connectivity index is 1.88. The van der Waals surface area contributed by atoms with Crippen molar-refractivity contribution in [1.82, 2.24) is 0 Å². The van der Waals surface area contributed by atoms with Crippen molar-refractivity contribution in [2.24, 2.45) is 0 Å². The van der Waals surface area contributed by atoms with E-state index in [-0.39, 0.29) is 5.54 Å². The second-order valence-electron chi connectivity index (χ2n) is 4.73. The molecule has 0 aliphatic heterocycles. The molecule has 0 radical (unpaired) electrons. The molecule has 0 unspecified atom stereocenters. The summed E-state index contributed by atoms with van der Waals surface area (Å²) < 4.78 is 0. The Morgan fingerprint density at radius 1 is 0.889 bits per heavy atom. The highest BCUT2D eigenvalue weighted by Gasteiger charge is 2.44. The topological polar surface area (TPSA) is 12.0 Å². The van der Waals surface area contributed by atoms with Crippen LogP contribution < -0.4 is 5.32 Å². The van der Waals surface area contributed by atoms with Gasteiger partial charge in [0.2, 0.25) is 0 Å². The van der Waals surface area contributed by atoms with E-state index >= 15 is 0 Å². The molecule has 0 aromatic heterocycles. The van der Waals surface area contributed by atoms with Crippen molar-refractivity contribution in [2.45, 2.75) is 18.4 Å². The minimum absolute atomic E-state index is 0.0648. The average Bonchev–Trinajstić information content (AvgIpc) is 3.10. The highest BCUT2D eigenvalue weighted by atomic mass is 35.5. The molecule has 3 rings (SSSR count). The number of rotatable bonds is 3. The molecule has 0 atom stereocenters. The van der Waals surface area contributed by atoms with Gasteiger partial charge >= 0.3 is 0 Å². The van der Waals surface area contributed by atoms with Crippen LogP contribution in [0.2, 0.25) is 10.0 Å². The van der Waals surface area contributed by atoms with Gasteiger partial charge in [0.25, 0.3) is 0 Å². The van der Waals surface area contributed by atoms with Crippen LogP contribution in [-0.4, -0.2) is 0 Å². The number of hydrogen-bond donors (Lipinski definition) is 1. The predicted molar refractivity (Wildman–Crippen MR) is 77.4 cm³/mol. The zero-order chi connectivity index (χ0) is 12.6. The highest BCUT2D eigenvalue weighted by Crippen LogP contribution is 2.48. The maximum absolute atomic E-state index is 6.02. The SMILES string of the molecule is Clc1cc(Cl)cc(NC2(c3ccccc3)CC2)c1. The Hall–Kier alpha value is -1.18. The van der Waals surface area contributed by atoms with E-state index in [1.807, 2.05) is 18.2 Å². The Kier molecular flexibility index (Phi) is 2.96. The lowest BCUT2D eigenvalue weighted by Gasteiger charge is -2.19. The first-order chi connectivity index (χ1) is 8.68. The van der Waals surface area contributed by atoms with E-state index in [1.54, 1.807) is 6.07 Å². The van der Waals surface area contributed by atoms with Gasteiger partial charge in [-0.25, -0.2) is 0 Å². The van der Waals surface area contributed by atoms with Gasteiger partial charge in [-0.3, -0.25) is 0 Å². The Morgan fingerprint density at radius 3 is 2.06 bits per heavy atom. The minimum Gasteiger partial charge on any atom is -0.375 e. The van der Waals surface area contributed by atoms with Gasteiger partial charge in [0.1, 0.15) is 0 Å². The summed E-state index contributed by atoms with van der Waals surface area (Å²) in [6.45, 7) is 0. The molecule has 1 fully saturated rings. The van der Waals surface area contributed by atoms with Gasteiger partial charge in [-0.05, 0) is 36.6 Å². The molecule has 92 valence electrons. The normalized spacial score (nSPS) is 16.3. The largest absolute Gasteiger partial charge is 0.375 e. The number of benzene rings is 2. The molecular weight excluding hydrogens is 265 g/mol. The van der Waals surface area contributed by atoms with Crippen molar-refractivity contribution >= 4 is 28.9 Å². The van der Waals surface area contributed by atoms with E-state index in [9.17, 15) is 0 Å². The van der Waals surface area contributed by atoms with Crippen molar-refractivity contribution in [3.05, 3.63) is 64.1 Å².